The third-order valence-electron chi connectivity index (χ3n) is 6.30. The van der Waals surface area contributed by atoms with Crippen LogP contribution in [-0.2, 0) is 0 Å². The molecule has 6 heteroatoms. The van der Waals surface area contributed by atoms with E-state index in [9.17, 15) is 4.79 Å². The molecular weight excluding hydrogens is 390 g/mol. The van der Waals surface area contributed by atoms with Gasteiger partial charge in [-0.1, -0.05) is 37.2 Å². The summed E-state index contributed by atoms with van der Waals surface area (Å²) in [6.45, 7) is 6.23. The minimum absolute atomic E-state index is 0.0591. The summed E-state index contributed by atoms with van der Waals surface area (Å²) in [7, 11) is 0. The second-order valence-corrected chi connectivity index (χ2v) is 9.16. The SMILES string of the molecule is CC(C)c1noc2nc(C3CC3)cc(C(=O)N3CCCC(COc4ccccc4)C3)c12. The lowest BCUT2D eigenvalue weighted by Gasteiger charge is -2.33. The molecule has 31 heavy (non-hydrogen) atoms. The van der Waals surface area contributed by atoms with Crippen molar-refractivity contribution in [3.8, 4) is 5.75 Å². The topological polar surface area (TPSA) is 68.5 Å². The first kappa shape index (κ1) is 20.0. The first-order valence-electron chi connectivity index (χ1n) is 11.4. The zero-order valence-electron chi connectivity index (χ0n) is 18.2. The normalized spacial score (nSPS) is 19.2. The second-order valence-electron chi connectivity index (χ2n) is 9.16. The molecule has 1 unspecified atom stereocenters. The predicted molar refractivity (Wildman–Crippen MR) is 118 cm³/mol. The lowest BCUT2D eigenvalue weighted by Crippen LogP contribution is -2.41. The number of hydrogen-bond acceptors (Lipinski definition) is 5. The number of fused-ring (bicyclic) bond motifs is 1. The van der Waals surface area contributed by atoms with Crippen LogP contribution in [0.5, 0.6) is 5.75 Å². The van der Waals surface area contributed by atoms with Crippen molar-refractivity contribution in [2.75, 3.05) is 19.7 Å². The quantitative estimate of drug-likeness (QED) is 0.552. The molecule has 1 amide bonds. The molecule has 2 aromatic heterocycles. The van der Waals surface area contributed by atoms with Crippen LogP contribution < -0.4 is 4.74 Å². The van der Waals surface area contributed by atoms with E-state index in [1.807, 2.05) is 41.3 Å². The molecule has 0 spiro atoms. The van der Waals surface area contributed by atoms with Gasteiger partial charge < -0.3 is 14.2 Å². The summed E-state index contributed by atoms with van der Waals surface area (Å²) in [5.41, 5.74) is 2.97. The second kappa shape index (κ2) is 8.33. The molecule has 1 aromatic carbocycles. The number of para-hydroxylation sites is 1. The molecular formula is C25H29N3O3. The van der Waals surface area contributed by atoms with Gasteiger partial charge in [0.05, 0.1) is 23.3 Å². The van der Waals surface area contributed by atoms with Gasteiger partial charge in [0.15, 0.2) is 0 Å². The van der Waals surface area contributed by atoms with Gasteiger partial charge in [-0.25, -0.2) is 4.98 Å². The Bertz CT molecular complexity index is 1070. The van der Waals surface area contributed by atoms with Crippen molar-refractivity contribution in [2.45, 2.75) is 51.4 Å². The maximum Gasteiger partial charge on any atom is 0.259 e. The Labute approximate surface area is 182 Å². The lowest BCUT2D eigenvalue weighted by atomic mass is 9.96. The number of aromatic nitrogens is 2. The fourth-order valence-electron chi connectivity index (χ4n) is 4.43. The highest BCUT2D eigenvalue weighted by molar-refractivity contribution is 6.06. The van der Waals surface area contributed by atoms with E-state index in [1.54, 1.807) is 0 Å². The van der Waals surface area contributed by atoms with Crippen molar-refractivity contribution in [3.63, 3.8) is 0 Å². The number of amides is 1. The Morgan fingerprint density at radius 3 is 2.77 bits per heavy atom. The molecule has 2 aliphatic rings. The van der Waals surface area contributed by atoms with Crippen molar-refractivity contribution in [1.29, 1.82) is 0 Å². The summed E-state index contributed by atoms with van der Waals surface area (Å²) in [5, 5.41) is 5.04. The Morgan fingerprint density at radius 1 is 1.23 bits per heavy atom. The van der Waals surface area contributed by atoms with Crippen LogP contribution in [0.25, 0.3) is 11.1 Å². The van der Waals surface area contributed by atoms with E-state index in [0.717, 1.165) is 54.8 Å². The molecule has 5 rings (SSSR count). The molecule has 1 saturated heterocycles. The first-order valence-corrected chi connectivity index (χ1v) is 11.4. The fourth-order valence-corrected chi connectivity index (χ4v) is 4.43. The summed E-state index contributed by atoms with van der Waals surface area (Å²) in [6, 6.07) is 11.9. The van der Waals surface area contributed by atoms with Crippen molar-refractivity contribution < 1.29 is 14.1 Å². The minimum Gasteiger partial charge on any atom is -0.493 e. The summed E-state index contributed by atoms with van der Waals surface area (Å²) in [4.78, 5) is 20.4. The highest BCUT2D eigenvalue weighted by atomic mass is 16.5. The van der Waals surface area contributed by atoms with Gasteiger partial charge in [0.25, 0.3) is 11.6 Å². The smallest absolute Gasteiger partial charge is 0.259 e. The van der Waals surface area contributed by atoms with Crippen LogP contribution in [0.2, 0.25) is 0 Å². The average molecular weight is 420 g/mol. The molecule has 1 aliphatic heterocycles. The maximum atomic E-state index is 13.7. The van der Waals surface area contributed by atoms with Gasteiger partial charge in [-0.05, 0) is 49.8 Å². The molecule has 3 aromatic rings. The van der Waals surface area contributed by atoms with Gasteiger partial charge in [-0.15, -0.1) is 0 Å². The predicted octanol–water partition coefficient (Wildman–Crippen LogP) is 5.15. The molecule has 0 radical (unpaired) electrons. The van der Waals surface area contributed by atoms with Crippen molar-refractivity contribution in [1.82, 2.24) is 15.0 Å². The Hall–Kier alpha value is -2.89. The van der Waals surface area contributed by atoms with Gasteiger partial charge >= 0.3 is 0 Å². The highest BCUT2D eigenvalue weighted by Crippen LogP contribution is 2.41. The van der Waals surface area contributed by atoms with E-state index < -0.39 is 0 Å². The monoisotopic (exact) mass is 419 g/mol. The average Bonchev–Trinajstić information content (AvgIpc) is 3.56. The number of piperidine rings is 1. The summed E-state index contributed by atoms with van der Waals surface area (Å²) in [5.74, 6) is 1.86. The van der Waals surface area contributed by atoms with E-state index in [0.29, 0.717) is 36.3 Å². The van der Waals surface area contributed by atoms with E-state index in [2.05, 4.69) is 24.0 Å². The van der Waals surface area contributed by atoms with Crippen LogP contribution in [0.4, 0.5) is 0 Å². The number of hydrogen-bond donors (Lipinski definition) is 0. The van der Waals surface area contributed by atoms with Crippen molar-refractivity contribution in [3.05, 3.63) is 53.3 Å². The van der Waals surface area contributed by atoms with Gasteiger partial charge in [-0.2, -0.15) is 0 Å². The van der Waals surface area contributed by atoms with Crippen LogP contribution in [-0.4, -0.2) is 40.6 Å². The van der Waals surface area contributed by atoms with Crippen LogP contribution in [0.1, 0.15) is 73.1 Å². The largest absolute Gasteiger partial charge is 0.493 e. The van der Waals surface area contributed by atoms with E-state index in [-0.39, 0.29) is 11.8 Å². The number of carbonyl (C=O) groups excluding carboxylic acids is 1. The third kappa shape index (κ3) is 4.16. The van der Waals surface area contributed by atoms with E-state index in [1.165, 1.54) is 0 Å². The zero-order chi connectivity index (χ0) is 21.4. The number of rotatable bonds is 6. The fraction of sp³-hybridized carbons (Fsp3) is 0.480. The number of pyridine rings is 1. The maximum absolute atomic E-state index is 13.7. The van der Waals surface area contributed by atoms with Gasteiger partial charge in [0.1, 0.15) is 5.75 Å². The first-order chi connectivity index (χ1) is 15.1. The van der Waals surface area contributed by atoms with Crippen molar-refractivity contribution in [2.24, 2.45) is 5.92 Å². The third-order valence-corrected chi connectivity index (χ3v) is 6.30. The minimum atomic E-state index is 0.0591. The van der Waals surface area contributed by atoms with E-state index in [4.69, 9.17) is 9.26 Å². The molecule has 0 bridgehead atoms. The van der Waals surface area contributed by atoms with Crippen LogP contribution >= 0.6 is 0 Å². The number of nitrogens with zero attached hydrogens (tertiary/aromatic N) is 3. The summed E-state index contributed by atoms with van der Waals surface area (Å²) < 4.78 is 11.5. The molecule has 1 aliphatic carbocycles. The number of likely N-dealkylation sites (tertiary alicyclic amines) is 1. The lowest BCUT2D eigenvalue weighted by molar-refractivity contribution is 0.0635. The highest BCUT2D eigenvalue weighted by Gasteiger charge is 2.32. The Kier molecular flexibility index (Phi) is 5.38. The summed E-state index contributed by atoms with van der Waals surface area (Å²) in [6.07, 6.45) is 4.30. The molecule has 1 saturated carbocycles. The van der Waals surface area contributed by atoms with Crippen LogP contribution in [0.3, 0.4) is 0 Å². The number of carbonyl (C=O) groups is 1. The van der Waals surface area contributed by atoms with Gasteiger partial charge in [-0.3, -0.25) is 4.79 Å². The standard InChI is InChI=1S/C25H29N3O3/c1-16(2)23-22-20(13-21(18-10-11-18)26-24(22)31-27-23)25(29)28-12-6-7-17(14-28)15-30-19-8-4-3-5-9-19/h3-5,8-9,13,16-18H,6-7,10-12,14-15H2,1-2H3. The van der Waals surface area contributed by atoms with Gasteiger partial charge in [0, 0.05) is 30.6 Å². The van der Waals surface area contributed by atoms with Crippen molar-refractivity contribution >= 4 is 17.0 Å². The number of benzene rings is 1. The Morgan fingerprint density at radius 2 is 2.03 bits per heavy atom. The molecule has 2 fully saturated rings. The van der Waals surface area contributed by atoms with Crippen LogP contribution in [0.15, 0.2) is 40.9 Å². The zero-order valence-corrected chi connectivity index (χ0v) is 18.2. The van der Waals surface area contributed by atoms with Gasteiger partial charge in [0.2, 0.25) is 0 Å². The van der Waals surface area contributed by atoms with Crippen LogP contribution in [0, 0.1) is 5.92 Å². The molecule has 1 atom stereocenters. The number of ether oxygens (including phenoxy) is 1. The van der Waals surface area contributed by atoms with E-state index >= 15 is 0 Å². The molecule has 3 heterocycles. The Balaban J connectivity index is 1.39. The molecule has 6 nitrogen and oxygen atoms in total. The summed E-state index contributed by atoms with van der Waals surface area (Å²) >= 11 is 0. The molecule has 162 valence electrons. The molecule has 0 N–H and O–H groups in total.